The summed E-state index contributed by atoms with van der Waals surface area (Å²) in [6, 6.07) is 5.65. The quantitative estimate of drug-likeness (QED) is 0.680. The molecule has 0 unspecified atom stereocenters. The number of benzene rings is 1. The van der Waals surface area contributed by atoms with Gasteiger partial charge >= 0.3 is 5.97 Å². The fourth-order valence-electron chi connectivity index (χ4n) is 2.84. The van der Waals surface area contributed by atoms with Crippen molar-refractivity contribution >= 4 is 21.9 Å². The van der Waals surface area contributed by atoms with E-state index in [0.717, 1.165) is 0 Å². The van der Waals surface area contributed by atoms with E-state index in [-0.39, 0.29) is 41.7 Å². The standard InChI is InChI=1S/C19H28N2O6S/c1-13(2)9-20-18(22)12-26-19(23)16-6-5-7-17(8-16)28(24,25)21-10-14(3)27-15(4)11-21/h5-8,13-15H,9-12H2,1-4H3,(H,20,22)/t14-,15-/m1/s1. The SMILES string of the molecule is CC(C)CNC(=O)COC(=O)c1cccc(S(=O)(=O)N2C[C@@H](C)O[C@H](C)C2)c1. The van der Waals surface area contributed by atoms with Gasteiger partial charge in [0, 0.05) is 19.6 Å². The summed E-state index contributed by atoms with van der Waals surface area (Å²) in [6.07, 6.45) is -0.424. The average molecular weight is 413 g/mol. The number of rotatable bonds is 7. The molecule has 8 nitrogen and oxygen atoms in total. The molecule has 0 aromatic heterocycles. The summed E-state index contributed by atoms with van der Waals surface area (Å²) in [6.45, 7) is 8.10. The van der Waals surface area contributed by atoms with Crippen molar-refractivity contribution in [3.63, 3.8) is 0 Å². The van der Waals surface area contributed by atoms with Crippen molar-refractivity contribution < 1.29 is 27.5 Å². The topological polar surface area (TPSA) is 102 Å². The number of amides is 1. The number of hydrogen-bond acceptors (Lipinski definition) is 6. The predicted molar refractivity (Wildman–Crippen MR) is 103 cm³/mol. The van der Waals surface area contributed by atoms with Gasteiger partial charge in [-0.1, -0.05) is 19.9 Å². The van der Waals surface area contributed by atoms with E-state index in [1.165, 1.54) is 28.6 Å². The number of ether oxygens (including phenoxy) is 2. The van der Waals surface area contributed by atoms with E-state index in [1.54, 1.807) is 0 Å². The number of carbonyl (C=O) groups is 2. The predicted octanol–water partition coefficient (Wildman–Crippen LogP) is 1.41. The van der Waals surface area contributed by atoms with Crippen LogP contribution >= 0.6 is 0 Å². The van der Waals surface area contributed by atoms with Gasteiger partial charge in [-0.2, -0.15) is 4.31 Å². The average Bonchev–Trinajstić information content (AvgIpc) is 2.63. The minimum Gasteiger partial charge on any atom is -0.452 e. The first-order valence-electron chi connectivity index (χ1n) is 9.29. The van der Waals surface area contributed by atoms with E-state index in [9.17, 15) is 18.0 Å². The number of nitrogens with one attached hydrogen (secondary N) is 1. The van der Waals surface area contributed by atoms with Crippen LogP contribution in [-0.2, 0) is 24.3 Å². The fourth-order valence-corrected chi connectivity index (χ4v) is 4.48. The van der Waals surface area contributed by atoms with Crippen LogP contribution in [0.15, 0.2) is 29.2 Å². The van der Waals surface area contributed by atoms with Crippen LogP contribution in [0.3, 0.4) is 0 Å². The molecule has 0 aliphatic carbocycles. The Hall–Kier alpha value is -1.97. The minimum atomic E-state index is -3.77. The number of carbonyl (C=O) groups excluding carboxylic acids is 2. The van der Waals surface area contributed by atoms with Gasteiger partial charge in [-0.05, 0) is 38.0 Å². The number of morpholine rings is 1. The zero-order valence-electron chi connectivity index (χ0n) is 16.7. The maximum atomic E-state index is 12.9. The highest BCUT2D eigenvalue weighted by atomic mass is 32.2. The van der Waals surface area contributed by atoms with Crippen molar-refractivity contribution in [1.82, 2.24) is 9.62 Å². The van der Waals surface area contributed by atoms with Crippen LogP contribution in [0.25, 0.3) is 0 Å². The number of sulfonamides is 1. The lowest BCUT2D eigenvalue weighted by Crippen LogP contribution is -2.48. The first-order valence-corrected chi connectivity index (χ1v) is 10.7. The van der Waals surface area contributed by atoms with Crippen molar-refractivity contribution in [3.05, 3.63) is 29.8 Å². The Balaban J connectivity index is 2.06. The van der Waals surface area contributed by atoms with Crippen LogP contribution in [0.4, 0.5) is 0 Å². The van der Waals surface area contributed by atoms with Crippen molar-refractivity contribution in [1.29, 1.82) is 0 Å². The third-order valence-corrected chi connectivity index (χ3v) is 5.96. The zero-order chi connectivity index (χ0) is 20.9. The molecule has 0 radical (unpaired) electrons. The van der Waals surface area contributed by atoms with E-state index in [1.807, 2.05) is 27.7 Å². The van der Waals surface area contributed by atoms with Gasteiger partial charge in [-0.25, -0.2) is 13.2 Å². The Labute approximate surface area is 166 Å². The highest BCUT2D eigenvalue weighted by molar-refractivity contribution is 7.89. The fraction of sp³-hybridized carbons (Fsp3) is 0.579. The van der Waals surface area contributed by atoms with Gasteiger partial charge in [0.25, 0.3) is 5.91 Å². The Morgan fingerprint density at radius 3 is 2.50 bits per heavy atom. The molecule has 2 atom stereocenters. The molecular formula is C19H28N2O6S. The van der Waals surface area contributed by atoms with Crippen LogP contribution in [0, 0.1) is 5.92 Å². The van der Waals surface area contributed by atoms with Crippen LogP contribution in [0.2, 0.25) is 0 Å². The van der Waals surface area contributed by atoms with Crippen molar-refractivity contribution in [2.75, 3.05) is 26.2 Å². The van der Waals surface area contributed by atoms with E-state index in [0.29, 0.717) is 6.54 Å². The van der Waals surface area contributed by atoms with Gasteiger partial charge in [-0.15, -0.1) is 0 Å². The van der Waals surface area contributed by atoms with Crippen molar-refractivity contribution in [3.8, 4) is 0 Å². The summed E-state index contributed by atoms with van der Waals surface area (Å²) >= 11 is 0. The van der Waals surface area contributed by atoms with Crippen molar-refractivity contribution in [2.24, 2.45) is 5.92 Å². The molecule has 1 N–H and O–H groups in total. The third-order valence-electron chi connectivity index (χ3n) is 4.14. The summed E-state index contributed by atoms with van der Waals surface area (Å²) in [5.74, 6) is -0.866. The van der Waals surface area contributed by atoms with Crippen LogP contribution in [0.5, 0.6) is 0 Å². The number of nitrogens with zero attached hydrogens (tertiary/aromatic N) is 1. The number of hydrogen-bond donors (Lipinski definition) is 1. The molecule has 1 aromatic carbocycles. The first-order chi connectivity index (χ1) is 13.1. The van der Waals surface area contributed by atoms with Gasteiger partial charge < -0.3 is 14.8 Å². The third kappa shape index (κ3) is 6.02. The lowest BCUT2D eigenvalue weighted by Gasteiger charge is -2.34. The maximum Gasteiger partial charge on any atom is 0.338 e. The van der Waals surface area contributed by atoms with E-state index in [2.05, 4.69) is 5.32 Å². The lowest BCUT2D eigenvalue weighted by atomic mass is 10.2. The number of esters is 1. The monoisotopic (exact) mass is 412 g/mol. The van der Waals surface area contributed by atoms with E-state index >= 15 is 0 Å². The van der Waals surface area contributed by atoms with Gasteiger partial charge in [0.2, 0.25) is 10.0 Å². The smallest absolute Gasteiger partial charge is 0.338 e. The molecular weight excluding hydrogens is 384 g/mol. The summed E-state index contributed by atoms with van der Waals surface area (Å²) in [5.41, 5.74) is 0.0760. The van der Waals surface area contributed by atoms with Gasteiger partial charge in [0.05, 0.1) is 22.7 Å². The normalized spacial score (nSPS) is 20.8. The second-order valence-corrected chi connectivity index (χ2v) is 9.32. The Kier molecular flexibility index (Phi) is 7.56. The summed E-state index contributed by atoms with van der Waals surface area (Å²) in [5, 5.41) is 2.65. The molecule has 1 aromatic rings. The van der Waals surface area contributed by atoms with E-state index in [4.69, 9.17) is 9.47 Å². The second kappa shape index (κ2) is 9.49. The zero-order valence-corrected chi connectivity index (χ0v) is 17.5. The largest absolute Gasteiger partial charge is 0.452 e. The second-order valence-electron chi connectivity index (χ2n) is 7.38. The highest BCUT2D eigenvalue weighted by Gasteiger charge is 2.32. The summed E-state index contributed by atoms with van der Waals surface area (Å²) < 4.78 is 37.8. The molecule has 0 bridgehead atoms. The Bertz CT molecular complexity index is 798. The first kappa shape index (κ1) is 22.3. The highest BCUT2D eigenvalue weighted by Crippen LogP contribution is 2.22. The molecule has 1 aliphatic heterocycles. The molecule has 1 heterocycles. The maximum absolute atomic E-state index is 12.9. The van der Waals surface area contributed by atoms with Crippen molar-refractivity contribution in [2.45, 2.75) is 44.8 Å². The summed E-state index contributed by atoms with van der Waals surface area (Å²) in [4.78, 5) is 23.9. The van der Waals surface area contributed by atoms with Crippen LogP contribution < -0.4 is 5.32 Å². The molecule has 1 aliphatic rings. The van der Waals surface area contributed by atoms with Gasteiger partial charge in [0.15, 0.2) is 6.61 Å². The van der Waals surface area contributed by atoms with Crippen LogP contribution in [-0.4, -0.2) is 63.0 Å². The van der Waals surface area contributed by atoms with Gasteiger partial charge in [0.1, 0.15) is 0 Å². The molecule has 1 fully saturated rings. The molecule has 2 rings (SSSR count). The Morgan fingerprint density at radius 1 is 1.25 bits per heavy atom. The molecule has 28 heavy (non-hydrogen) atoms. The lowest BCUT2D eigenvalue weighted by molar-refractivity contribution is -0.124. The molecule has 0 spiro atoms. The molecule has 156 valence electrons. The molecule has 1 saturated heterocycles. The minimum absolute atomic E-state index is 0.00695. The van der Waals surface area contributed by atoms with Crippen LogP contribution in [0.1, 0.15) is 38.1 Å². The van der Waals surface area contributed by atoms with E-state index < -0.39 is 28.5 Å². The van der Waals surface area contributed by atoms with Gasteiger partial charge in [-0.3, -0.25) is 4.79 Å². The molecule has 1 amide bonds. The molecule has 0 saturated carbocycles. The summed E-state index contributed by atoms with van der Waals surface area (Å²) in [7, 11) is -3.77. The molecule has 9 heteroatoms. The Morgan fingerprint density at radius 2 is 1.89 bits per heavy atom.